The van der Waals surface area contributed by atoms with Crippen LogP contribution in [0.1, 0.15) is 15.4 Å². The Morgan fingerprint density at radius 2 is 2.30 bits per heavy atom. The maximum Gasteiger partial charge on any atom is 0.356 e. The summed E-state index contributed by atoms with van der Waals surface area (Å²) in [6.45, 7) is 0.399. The van der Waals surface area contributed by atoms with Gasteiger partial charge in [0.1, 0.15) is 0 Å². The molecule has 0 aromatic carbocycles. The minimum Gasteiger partial charge on any atom is -0.464 e. The highest BCUT2D eigenvalue weighted by Crippen LogP contribution is 2.23. The third kappa shape index (κ3) is 3.09. The van der Waals surface area contributed by atoms with Gasteiger partial charge in [-0.05, 0) is 17.5 Å². The van der Waals surface area contributed by atoms with Gasteiger partial charge in [0.25, 0.3) is 0 Å². The first-order valence-corrected chi connectivity index (χ1v) is 6.50. The Labute approximate surface area is 118 Å². The summed E-state index contributed by atoms with van der Waals surface area (Å²) in [5.74, 6) is -0.592. The van der Waals surface area contributed by atoms with E-state index in [-0.39, 0.29) is 17.2 Å². The van der Waals surface area contributed by atoms with Crippen LogP contribution in [0.4, 0.5) is 11.5 Å². The SMILES string of the molecule is COC(=O)c1ccc([N+](=O)[O-])c(NCc2cccs2)n1. The van der Waals surface area contributed by atoms with E-state index in [0.717, 1.165) is 4.88 Å². The number of pyridine rings is 1. The molecule has 20 heavy (non-hydrogen) atoms. The number of anilines is 1. The molecule has 2 aromatic rings. The minimum atomic E-state index is -0.640. The van der Waals surface area contributed by atoms with E-state index in [1.807, 2.05) is 17.5 Å². The number of hydrogen-bond donors (Lipinski definition) is 1. The van der Waals surface area contributed by atoms with Crippen molar-refractivity contribution in [1.82, 2.24) is 4.98 Å². The highest BCUT2D eigenvalue weighted by Gasteiger charge is 2.18. The molecule has 0 radical (unpaired) electrons. The van der Waals surface area contributed by atoms with E-state index >= 15 is 0 Å². The fraction of sp³-hybridized carbons (Fsp3) is 0.167. The van der Waals surface area contributed by atoms with Gasteiger partial charge in [-0.15, -0.1) is 11.3 Å². The van der Waals surface area contributed by atoms with Gasteiger partial charge in [0.2, 0.25) is 5.82 Å². The van der Waals surface area contributed by atoms with Crippen LogP contribution in [0.2, 0.25) is 0 Å². The fourth-order valence-electron chi connectivity index (χ4n) is 1.53. The lowest BCUT2D eigenvalue weighted by Crippen LogP contribution is -2.09. The Bertz CT molecular complexity index is 628. The van der Waals surface area contributed by atoms with Gasteiger partial charge in [0.15, 0.2) is 5.69 Å². The van der Waals surface area contributed by atoms with Crippen molar-refractivity contribution in [3.05, 3.63) is 50.3 Å². The van der Waals surface area contributed by atoms with Crippen LogP contribution in [-0.2, 0) is 11.3 Å². The number of rotatable bonds is 5. The number of hydrogen-bond acceptors (Lipinski definition) is 7. The number of aromatic nitrogens is 1. The number of methoxy groups -OCH3 is 1. The Hall–Kier alpha value is -2.48. The summed E-state index contributed by atoms with van der Waals surface area (Å²) in [6, 6.07) is 6.28. The number of carbonyl (C=O) groups is 1. The van der Waals surface area contributed by atoms with Crippen LogP contribution in [0, 0.1) is 10.1 Å². The van der Waals surface area contributed by atoms with Crippen molar-refractivity contribution in [3.8, 4) is 0 Å². The first kappa shape index (κ1) is 13.9. The maximum absolute atomic E-state index is 11.4. The van der Waals surface area contributed by atoms with Crippen LogP contribution >= 0.6 is 11.3 Å². The second-order valence-corrected chi connectivity index (χ2v) is 4.78. The molecule has 0 saturated carbocycles. The van der Waals surface area contributed by atoms with Crippen molar-refractivity contribution in [3.63, 3.8) is 0 Å². The van der Waals surface area contributed by atoms with Crippen molar-refractivity contribution >= 4 is 28.8 Å². The number of nitrogens with one attached hydrogen (secondary N) is 1. The number of esters is 1. The van der Waals surface area contributed by atoms with Gasteiger partial charge in [-0.25, -0.2) is 9.78 Å². The molecule has 0 saturated heterocycles. The Kier molecular flexibility index (Phi) is 4.26. The highest BCUT2D eigenvalue weighted by atomic mass is 32.1. The molecule has 0 spiro atoms. The van der Waals surface area contributed by atoms with Crippen LogP contribution in [0.25, 0.3) is 0 Å². The van der Waals surface area contributed by atoms with Crippen LogP contribution in [-0.4, -0.2) is 23.0 Å². The van der Waals surface area contributed by atoms with Crippen LogP contribution in [0.3, 0.4) is 0 Å². The van der Waals surface area contributed by atoms with Gasteiger partial charge in [0, 0.05) is 10.9 Å². The quantitative estimate of drug-likeness (QED) is 0.517. The molecule has 7 nitrogen and oxygen atoms in total. The van der Waals surface area contributed by atoms with Gasteiger partial charge >= 0.3 is 11.7 Å². The second kappa shape index (κ2) is 6.11. The summed E-state index contributed by atoms with van der Waals surface area (Å²) in [4.78, 5) is 26.7. The molecular weight excluding hydrogens is 282 g/mol. The largest absolute Gasteiger partial charge is 0.464 e. The molecule has 0 aliphatic heterocycles. The van der Waals surface area contributed by atoms with Gasteiger partial charge in [0.05, 0.1) is 18.6 Å². The van der Waals surface area contributed by atoms with Crippen molar-refractivity contribution < 1.29 is 14.5 Å². The summed E-state index contributed by atoms with van der Waals surface area (Å²) >= 11 is 1.52. The van der Waals surface area contributed by atoms with E-state index in [2.05, 4.69) is 15.0 Å². The summed E-state index contributed by atoms with van der Waals surface area (Å²) in [7, 11) is 1.23. The summed E-state index contributed by atoms with van der Waals surface area (Å²) in [5.41, 5.74) is -0.166. The first-order valence-electron chi connectivity index (χ1n) is 5.62. The molecule has 0 unspecified atom stereocenters. The van der Waals surface area contributed by atoms with E-state index < -0.39 is 10.9 Å². The standard InChI is InChI=1S/C12H11N3O4S/c1-19-12(16)9-4-5-10(15(17)18)11(14-9)13-7-8-3-2-6-20-8/h2-6H,7H2,1H3,(H,13,14). The van der Waals surface area contributed by atoms with Crippen molar-refractivity contribution in [1.29, 1.82) is 0 Å². The van der Waals surface area contributed by atoms with E-state index in [0.29, 0.717) is 6.54 Å². The predicted molar refractivity (Wildman–Crippen MR) is 73.9 cm³/mol. The molecule has 0 fully saturated rings. The van der Waals surface area contributed by atoms with E-state index in [9.17, 15) is 14.9 Å². The molecule has 8 heteroatoms. The number of nitrogens with zero attached hydrogens (tertiary/aromatic N) is 2. The predicted octanol–water partition coefficient (Wildman–Crippen LogP) is 2.45. The van der Waals surface area contributed by atoms with E-state index in [4.69, 9.17) is 0 Å². The highest BCUT2D eigenvalue weighted by molar-refractivity contribution is 7.09. The van der Waals surface area contributed by atoms with Crippen molar-refractivity contribution in [2.45, 2.75) is 6.54 Å². The topological polar surface area (TPSA) is 94.4 Å². The van der Waals surface area contributed by atoms with Crippen LogP contribution in [0.5, 0.6) is 0 Å². The second-order valence-electron chi connectivity index (χ2n) is 3.75. The number of carbonyl (C=O) groups excluding carboxylic acids is 1. The molecular formula is C12H11N3O4S. The summed E-state index contributed by atoms with van der Waals surface area (Å²) < 4.78 is 4.54. The molecule has 2 aromatic heterocycles. The van der Waals surface area contributed by atoms with E-state index in [1.54, 1.807) is 0 Å². The molecule has 0 atom stereocenters. The molecule has 0 bridgehead atoms. The molecule has 104 valence electrons. The summed E-state index contributed by atoms with van der Waals surface area (Å²) in [5, 5.41) is 15.7. The molecule has 0 aliphatic rings. The van der Waals surface area contributed by atoms with Gasteiger partial charge in [-0.2, -0.15) is 0 Å². The first-order chi connectivity index (χ1) is 9.61. The Morgan fingerprint density at radius 3 is 2.90 bits per heavy atom. The zero-order chi connectivity index (χ0) is 14.5. The zero-order valence-corrected chi connectivity index (χ0v) is 11.3. The monoisotopic (exact) mass is 293 g/mol. The lowest BCUT2D eigenvalue weighted by molar-refractivity contribution is -0.384. The van der Waals surface area contributed by atoms with Gasteiger partial charge in [-0.1, -0.05) is 6.07 Å². The number of ether oxygens (including phenoxy) is 1. The van der Waals surface area contributed by atoms with Crippen molar-refractivity contribution in [2.24, 2.45) is 0 Å². The zero-order valence-electron chi connectivity index (χ0n) is 10.5. The average molecular weight is 293 g/mol. The van der Waals surface area contributed by atoms with E-state index in [1.165, 1.54) is 30.6 Å². The lowest BCUT2D eigenvalue weighted by Gasteiger charge is -2.06. The average Bonchev–Trinajstić information content (AvgIpc) is 2.97. The molecule has 0 aliphatic carbocycles. The fourth-order valence-corrected chi connectivity index (χ4v) is 2.18. The molecule has 2 heterocycles. The third-order valence-electron chi connectivity index (χ3n) is 2.48. The molecule has 2 rings (SSSR count). The summed E-state index contributed by atoms with van der Waals surface area (Å²) in [6.07, 6.45) is 0. The van der Waals surface area contributed by atoms with Crippen molar-refractivity contribution in [2.75, 3.05) is 12.4 Å². The normalized spacial score (nSPS) is 10.1. The number of nitro groups is 1. The Morgan fingerprint density at radius 1 is 1.50 bits per heavy atom. The van der Waals surface area contributed by atoms with Gasteiger partial charge < -0.3 is 10.1 Å². The lowest BCUT2D eigenvalue weighted by atomic mass is 10.3. The molecule has 1 N–H and O–H groups in total. The third-order valence-corrected chi connectivity index (χ3v) is 3.35. The Balaban J connectivity index is 2.26. The minimum absolute atomic E-state index is 0.0202. The smallest absolute Gasteiger partial charge is 0.356 e. The van der Waals surface area contributed by atoms with Crippen LogP contribution in [0.15, 0.2) is 29.6 Å². The van der Waals surface area contributed by atoms with Gasteiger partial charge in [-0.3, -0.25) is 10.1 Å². The molecule has 0 amide bonds. The maximum atomic E-state index is 11.4. The van der Waals surface area contributed by atoms with Crippen LogP contribution < -0.4 is 5.32 Å². The number of thiophene rings is 1.